The molecule has 0 unspecified atom stereocenters. The molecule has 2 heteroatoms. The fraction of sp³-hybridized carbons (Fsp3) is 0.647. The van der Waals surface area contributed by atoms with Crippen LogP contribution < -0.4 is 9.47 Å². The van der Waals surface area contributed by atoms with Crippen molar-refractivity contribution in [2.75, 3.05) is 0 Å². The highest BCUT2D eigenvalue weighted by atomic mass is 16.5. The second kappa shape index (κ2) is 5.44. The average molecular weight is 264 g/mol. The van der Waals surface area contributed by atoms with Crippen LogP contribution in [0, 0.1) is 0 Å². The molecule has 0 radical (unpaired) electrons. The van der Waals surface area contributed by atoms with Crippen molar-refractivity contribution >= 4 is 0 Å². The molecule has 0 spiro atoms. The minimum Gasteiger partial charge on any atom is -0.488 e. The van der Waals surface area contributed by atoms with Gasteiger partial charge in [0.05, 0.1) is 0 Å². The Balaban J connectivity index is 3.11. The number of benzene rings is 1. The average Bonchev–Trinajstić information content (AvgIpc) is 2.10. The van der Waals surface area contributed by atoms with Crippen LogP contribution in [0.1, 0.15) is 66.9 Å². The third-order valence-electron chi connectivity index (χ3n) is 2.42. The fourth-order valence-electron chi connectivity index (χ4n) is 1.75. The zero-order chi connectivity index (χ0) is 14.8. The van der Waals surface area contributed by atoms with Gasteiger partial charge in [0.15, 0.2) is 0 Å². The van der Waals surface area contributed by atoms with Crippen LogP contribution in [-0.4, -0.2) is 11.2 Å². The molecule has 0 heterocycles. The maximum atomic E-state index is 5.97. The van der Waals surface area contributed by atoms with E-state index in [1.54, 1.807) is 0 Å². The van der Waals surface area contributed by atoms with E-state index in [1.165, 1.54) is 5.56 Å². The third kappa shape index (κ3) is 6.00. The highest BCUT2D eigenvalue weighted by molar-refractivity contribution is 5.40. The molecular formula is C17H28O2. The predicted molar refractivity (Wildman–Crippen MR) is 81.3 cm³/mol. The largest absolute Gasteiger partial charge is 0.488 e. The van der Waals surface area contributed by atoms with Crippen LogP contribution in [0.3, 0.4) is 0 Å². The third-order valence-corrected chi connectivity index (χ3v) is 2.42. The summed E-state index contributed by atoms with van der Waals surface area (Å²) in [6.07, 6.45) is 0. The normalized spacial score (nSPS) is 12.7. The molecule has 1 rings (SSSR count). The minimum absolute atomic E-state index is 0.200. The molecule has 0 bridgehead atoms. The van der Waals surface area contributed by atoms with Crippen molar-refractivity contribution in [1.82, 2.24) is 0 Å². The van der Waals surface area contributed by atoms with Gasteiger partial charge in [0.1, 0.15) is 22.7 Å². The first-order valence-corrected chi connectivity index (χ1v) is 6.99. The molecule has 1 aromatic carbocycles. The zero-order valence-corrected chi connectivity index (χ0v) is 13.6. The molecule has 0 saturated heterocycles. The van der Waals surface area contributed by atoms with Crippen LogP contribution in [0.25, 0.3) is 0 Å². The lowest BCUT2D eigenvalue weighted by Gasteiger charge is -2.25. The zero-order valence-electron chi connectivity index (χ0n) is 13.6. The van der Waals surface area contributed by atoms with Gasteiger partial charge in [-0.3, -0.25) is 0 Å². The lowest BCUT2D eigenvalue weighted by molar-refractivity contribution is 0.121. The summed E-state index contributed by atoms with van der Waals surface area (Å²) in [5, 5.41) is 0. The van der Waals surface area contributed by atoms with Gasteiger partial charge in [0, 0.05) is 6.07 Å². The van der Waals surface area contributed by atoms with Gasteiger partial charge in [-0.05, 0) is 65.2 Å². The van der Waals surface area contributed by atoms with Gasteiger partial charge < -0.3 is 9.47 Å². The van der Waals surface area contributed by atoms with Crippen LogP contribution in [0.4, 0.5) is 0 Å². The van der Waals surface area contributed by atoms with Gasteiger partial charge in [0.2, 0.25) is 0 Å². The van der Waals surface area contributed by atoms with Crippen molar-refractivity contribution in [3.05, 3.63) is 23.8 Å². The standard InChI is InChI=1S/C17H28O2/c1-12(2)13-9-14(18-16(3,4)5)11-15(10-13)19-17(6,7)8/h9-12H,1-8H3. The van der Waals surface area contributed by atoms with E-state index in [0.717, 1.165) is 11.5 Å². The predicted octanol–water partition coefficient (Wildman–Crippen LogP) is 5.16. The van der Waals surface area contributed by atoms with E-state index in [2.05, 4.69) is 67.5 Å². The Morgan fingerprint density at radius 2 is 1.11 bits per heavy atom. The number of hydrogen-bond acceptors (Lipinski definition) is 2. The van der Waals surface area contributed by atoms with Gasteiger partial charge in [0.25, 0.3) is 0 Å². The molecule has 0 atom stereocenters. The summed E-state index contributed by atoms with van der Waals surface area (Å²) in [7, 11) is 0. The molecule has 1 aromatic rings. The van der Waals surface area contributed by atoms with E-state index in [4.69, 9.17) is 9.47 Å². The van der Waals surface area contributed by atoms with Crippen LogP contribution in [0.15, 0.2) is 18.2 Å². The summed E-state index contributed by atoms with van der Waals surface area (Å²) in [6, 6.07) is 6.18. The molecular weight excluding hydrogens is 236 g/mol. The Bertz CT molecular complexity index is 386. The molecule has 0 N–H and O–H groups in total. The Kier molecular flexibility index (Phi) is 4.54. The lowest BCUT2D eigenvalue weighted by atomic mass is 10.0. The molecule has 0 aliphatic rings. The van der Waals surface area contributed by atoms with E-state index >= 15 is 0 Å². The molecule has 0 fully saturated rings. The summed E-state index contributed by atoms with van der Waals surface area (Å²) < 4.78 is 11.9. The smallest absolute Gasteiger partial charge is 0.124 e. The minimum atomic E-state index is -0.200. The Labute approximate surface area is 118 Å². The maximum absolute atomic E-state index is 5.97. The van der Waals surface area contributed by atoms with Crippen molar-refractivity contribution in [2.45, 2.75) is 72.5 Å². The van der Waals surface area contributed by atoms with Crippen molar-refractivity contribution in [1.29, 1.82) is 0 Å². The van der Waals surface area contributed by atoms with Crippen molar-refractivity contribution in [3.63, 3.8) is 0 Å². The summed E-state index contributed by atoms with van der Waals surface area (Å²) in [5.74, 6) is 2.20. The SMILES string of the molecule is CC(C)c1cc(OC(C)(C)C)cc(OC(C)(C)C)c1. The number of hydrogen-bond donors (Lipinski definition) is 0. The summed E-state index contributed by atoms with van der Waals surface area (Å²) in [5.41, 5.74) is 0.837. The first kappa shape index (κ1) is 15.9. The second-order valence-corrected chi connectivity index (χ2v) is 7.32. The van der Waals surface area contributed by atoms with Crippen molar-refractivity contribution in [3.8, 4) is 11.5 Å². The van der Waals surface area contributed by atoms with E-state index in [1.807, 2.05) is 6.07 Å². The Morgan fingerprint density at radius 3 is 1.37 bits per heavy atom. The van der Waals surface area contributed by atoms with E-state index in [0.29, 0.717) is 5.92 Å². The van der Waals surface area contributed by atoms with Crippen molar-refractivity contribution < 1.29 is 9.47 Å². The topological polar surface area (TPSA) is 18.5 Å². The number of rotatable bonds is 3. The molecule has 2 nitrogen and oxygen atoms in total. The number of ether oxygens (including phenoxy) is 2. The molecule has 0 amide bonds. The highest BCUT2D eigenvalue weighted by Crippen LogP contribution is 2.31. The van der Waals surface area contributed by atoms with Crippen molar-refractivity contribution in [2.24, 2.45) is 0 Å². The van der Waals surface area contributed by atoms with Gasteiger partial charge >= 0.3 is 0 Å². The monoisotopic (exact) mass is 264 g/mol. The van der Waals surface area contributed by atoms with Crippen LogP contribution in [-0.2, 0) is 0 Å². The molecule has 0 aromatic heterocycles. The van der Waals surface area contributed by atoms with E-state index in [-0.39, 0.29) is 11.2 Å². The first-order chi connectivity index (χ1) is 8.46. The molecule has 19 heavy (non-hydrogen) atoms. The van der Waals surface area contributed by atoms with Crippen LogP contribution in [0.5, 0.6) is 11.5 Å². The molecule has 108 valence electrons. The summed E-state index contributed by atoms with van der Waals surface area (Å²) in [6.45, 7) is 16.7. The molecule has 0 saturated carbocycles. The maximum Gasteiger partial charge on any atom is 0.124 e. The second-order valence-electron chi connectivity index (χ2n) is 7.32. The quantitative estimate of drug-likeness (QED) is 0.750. The fourth-order valence-corrected chi connectivity index (χ4v) is 1.75. The summed E-state index contributed by atoms with van der Waals surface area (Å²) >= 11 is 0. The van der Waals surface area contributed by atoms with E-state index in [9.17, 15) is 0 Å². The van der Waals surface area contributed by atoms with Gasteiger partial charge in [-0.25, -0.2) is 0 Å². The Hall–Kier alpha value is -1.18. The molecule has 0 aliphatic carbocycles. The first-order valence-electron chi connectivity index (χ1n) is 6.99. The highest BCUT2D eigenvalue weighted by Gasteiger charge is 2.17. The molecule has 0 aliphatic heterocycles. The van der Waals surface area contributed by atoms with Gasteiger partial charge in [-0.1, -0.05) is 13.8 Å². The lowest BCUT2D eigenvalue weighted by Crippen LogP contribution is -2.24. The van der Waals surface area contributed by atoms with Gasteiger partial charge in [-0.2, -0.15) is 0 Å². The van der Waals surface area contributed by atoms with E-state index < -0.39 is 0 Å². The Morgan fingerprint density at radius 1 is 0.737 bits per heavy atom. The van der Waals surface area contributed by atoms with Crippen LogP contribution in [0.2, 0.25) is 0 Å². The van der Waals surface area contributed by atoms with Gasteiger partial charge in [-0.15, -0.1) is 0 Å². The summed E-state index contributed by atoms with van der Waals surface area (Å²) in [4.78, 5) is 0. The van der Waals surface area contributed by atoms with Crippen LogP contribution >= 0.6 is 0 Å².